The van der Waals surface area contributed by atoms with Gasteiger partial charge >= 0.3 is 5.97 Å². The maximum atomic E-state index is 12.8. The Bertz CT molecular complexity index is 806. The van der Waals surface area contributed by atoms with Crippen LogP contribution in [-0.2, 0) is 14.3 Å². The van der Waals surface area contributed by atoms with E-state index < -0.39 is 11.9 Å². The quantitative estimate of drug-likeness (QED) is 0.587. The highest BCUT2D eigenvalue weighted by molar-refractivity contribution is 7.11. The smallest absolute Gasteiger partial charge is 0.317 e. The Kier molecular flexibility index (Phi) is 5.57. The molecule has 1 heterocycles. The lowest BCUT2D eigenvalue weighted by molar-refractivity contribution is -0.151. The highest BCUT2D eigenvalue weighted by Crippen LogP contribution is 2.41. The predicted octanol–water partition coefficient (Wildman–Crippen LogP) is 4.13. The Labute approximate surface area is 158 Å². The van der Waals surface area contributed by atoms with Gasteiger partial charge in [-0.15, -0.1) is 11.3 Å². The number of rotatable bonds is 5. The normalized spacial score (nSPS) is 19.8. The minimum absolute atomic E-state index is 0.167. The molecule has 0 unspecified atom stereocenters. The molecule has 26 heavy (non-hydrogen) atoms. The molecule has 0 bridgehead atoms. The lowest BCUT2D eigenvalue weighted by Gasteiger charge is -2.29. The first-order valence-electron chi connectivity index (χ1n) is 8.73. The number of allylic oxidation sites excluding steroid dienone is 2. The van der Waals surface area contributed by atoms with Gasteiger partial charge < -0.3 is 9.64 Å². The van der Waals surface area contributed by atoms with Crippen molar-refractivity contribution in [1.29, 1.82) is 0 Å². The SMILES string of the molecule is CCOC(=O)[C@@H]1C(=O)C=C(c2cccs2)C[C@@H]1c1ccc(N(C)C)cc1. The average Bonchev–Trinajstić information content (AvgIpc) is 3.16. The van der Waals surface area contributed by atoms with Crippen molar-refractivity contribution in [1.82, 2.24) is 0 Å². The maximum Gasteiger partial charge on any atom is 0.317 e. The molecule has 4 nitrogen and oxygen atoms in total. The Morgan fingerprint density at radius 3 is 2.54 bits per heavy atom. The monoisotopic (exact) mass is 369 g/mol. The molecule has 0 aliphatic heterocycles. The van der Waals surface area contributed by atoms with Crippen molar-refractivity contribution in [2.45, 2.75) is 19.3 Å². The summed E-state index contributed by atoms with van der Waals surface area (Å²) < 4.78 is 5.20. The third-order valence-corrected chi connectivity index (χ3v) is 5.63. The fourth-order valence-corrected chi connectivity index (χ4v) is 4.10. The molecule has 0 fully saturated rings. The summed E-state index contributed by atoms with van der Waals surface area (Å²) in [6, 6.07) is 12.0. The van der Waals surface area contributed by atoms with Gasteiger partial charge in [-0.1, -0.05) is 18.2 Å². The number of anilines is 1. The van der Waals surface area contributed by atoms with E-state index in [0.29, 0.717) is 6.42 Å². The molecule has 1 aliphatic carbocycles. The Morgan fingerprint density at radius 1 is 1.23 bits per heavy atom. The lowest BCUT2D eigenvalue weighted by atomic mass is 9.74. The van der Waals surface area contributed by atoms with Gasteiger partial charge in [-0.3, -0.25) is 9.59 Å². The second-order valence-electron chi connectivity index (χ2n) is 6.58. The Hall–Kier alpha value is -2.40. The maximum absolute atomic E-state index is 12.8. The van der Waals surface area contributed by atoms with E-state index in [9.17, 15) is 9.59 Å². The fraction of sp³-hybridized carbons (Fsp3) is 0.333. The average molecular weight is 369 g/mol. The minimum atomic E-state index is -0.774. The van der Waals surface area contributed by atoms with Gasteiger partial charge in [-0.25, -0.2) is 0 Å². The summed E-state index contributed by atoms with van der Waals surface area (Å²) in [5, 5.41) is 2.00. The largest absolute Gasteiger partial charge is 0.465 e. The van der Waals surface area contributed by atoms with Gasteiger partial charge in [0.15, 0.2) is 5.78 Å². The number of benzene rings is 1. The lowest BCUT2D eigenvalue weighted by Crippen LogP contribution is -2.33. The van der Waals surface area contributed by atoms with Crippen molar-refractivity contribution in [2.24, 2.45) is 5.92 Å². The molecular weight excluding hydrogens is 346 g/mol. The number of esters is 1. The molecule has 0 N–H and O–H groups in total. The van der Waals surface area contributed by atoms with E-state index in [-0.39, 0.29) is 18.3 Å². The second kappa shape index (κ2) is 7.87. The highest BCUT2D eigenvalue weighted by Gasteiger charge is 2.39. The number of hydrogen-bond acceptors (Lipinski definition) is 5. The Balaban J connectivity index is 1.98. The van der Waals surface area contributed by atoms with Crippen molar-refractivity contribution < 1.29 is 14.3 Å². The minimum Gasteiger partial charge on any atom is -0.465 e. The number of carbonyl (C=O) groups is 2. The number of hydrogen-bond donors (Lipinski definition) is 0. The number of carbonyl (C=O) groups excluding carboxylic acids is 2. The molecule has 1 aromatic heterocycles. The van der Waals surface area contributed by atoms with Crippen molar-refractivity contribution in [3.05, 3.63) is 58.3 Å². The summed E-state index contributed by atoms with van der Waals surface area (Å²) in [5.74, 6) is -1.58. The number of ether oxygens (including phenoxy) is 1. The number of thiophene rings is 1. The molecule has 2 aromatic rings. The molecule has 0 radical (unpaired) electrons. The molecule has 0 saturated carbocycles. The van der Waals surface area contributed by atoms with Crippen molar-refractivity contribution in [3.8, 4) is 0 Å². The van der Waals surface area contributed by atoms with Gasteiger partial charge in [0, 0.05) is 30.6 Å². The van der Waals surface area contributed by atoms with Crippen molar-refractivity contribution in [3.63, 3.8) is 0 Å². The van der Waals surface area contributed by atoms with Crippen LogP contribution in [0.4, 0.5) is 5.69 Å². The molecular formula is C21H23NO3S. The summed E-state index contributed by atoms with van der Waals surface area (Å²) in [6.07, 6.45) is 2.27. The van der Waals surface area contributed by atoms with E-state index in [1.807, 2.05) is 60.8 Å². The van der Waals surface area contributed by atoms with E-state index in [4.69, 9.17) is 4.74 Å². The molecule has 3 rings (SSSR count). The Morgan fingerprint density at radius 2 is 1.96 bits per heavy atom. The fourth-order valence-electron chi connectivity index (χ4n) is 3.35. The number of nitrogens with zero attached hydrogens (tertiary/aromatic N) is 1. The van der Waals surface area contributed by atoms with Crippen molar-refractivity contribution in [2.75, 3.05) is 25.6 Å². The van der Waals surface area contributed by atoms with Gasteiger partial charge in [0.1, 0.15) is 5.92 Å². The van der Waals surface area contributed by atoms with Crippen LogP contribution in [-0.4, -0.2) is 32.5 Å². The van der Waals surface area contributed by atoms with Gasteiger partial charge in [0.05, 0.1) is 6.61 Å². The summed E-state index contributed by atoms with van der Waals surface area (Å²) in [7, 11) is 3.97. The first-order valence-corrected chi connectivity index (χ1v) is 9.61. The van der Waals surface area contributed by atoms with E-state index in [2.05, 4.69) is 0 Å². The standard InChI is InChI=1S/C21H23NO3S/c1-4-25-21(24)20-17(14-7-9-16(10-8-14)22(2)3)12-15(13-18(20)23)19-6-5-11-26-19/h5-11,13,17,20H,4,12H2,1-3H3/t17-,20+/m1/s1. The van der Waals surface area contributed by atoms with Crippen LogP contribution >= 0.6 is 11.3 Å². The van der Waals surface area contributed by atoms with E-state index in [1.165, 1.54) is 0 Å². The van der Waals surface area contributed by atoms with Gasteiger partial charge in [-0.2, -0.15) is 0 Å². The molecule has 2 atom stereocenters. The zero-order chi connectivity index (χ0) is 18.7. The third-order valence-electron chi connectivity index (χ3n) is 4.68. The highest BCUT2D eigenvalue weighted by atomic mass is 32.1. The predicted molar refractivity (Wildman–Crippen MR) is 106 cm³/mol. The summed E-state index contributed by atoms with van der Waals surface area (Å²) in [6.45, 7) is 2.04. The van der Waals surface area contributed by atoms with Crippen LogP contribution in [0, 0.1) is 5.92 Å². The molecule has 136 valence electrons. The van der Waals surface area contributed by atoms with E-state index in [1.54, 1.807) is 24.3 Å². The van der Waals surface area contributed by atoms with Crippen LogP contribution in [0.1, 0.15) is 29.7 Å². The van der Waals surface area contributed by atoms with Crippen LogP contribution in [0.25, 0.3) is 5.57 Å². The van der Waals surface area contributed by atoms with Crippen LogP contribution in [0.3, 0.4) is 0 Å². The van der Waals surface area contributed by atoms with Crippen LogP contribution in [0.5, 0.6) is 0 Å². The molecule has 0 amide bonds. The third kappa shape index (κ3) is 3.73. The van der Waals surface area contributed by atoms with Crippen LogP contribution in [0.15, 0.2) is 47.9 Å². The molecule has 1 aliphatic rings. The van der Waals surface area contributed by atoms with Crippen LogP contribution in [0.2, 0.25) is 0 Å². The first kappa shape index (κ1) is 18.4. The zero-order valence-electron chi connectivity index (χ0n) is 15.3. The summed E-state index contributed by atoms with van der Waals surface area (Å²) in [4.78, 5) is 28.4. The van der Waals surface area contributed by atoms with Gasteiger partial charge in [0.2, 0.25) is 0 Å². The second-order valence-corrected chi connectivity index (χ2v) is 7.52. The number of ketones is 1. The first-order chi connectivity index (χ1) is 12.5. The molecule has 5 heteroatoms. The molecule has 0 spiro atoms. The molecule has 0 saturated heterocycles. The summed E-state index contributed by atoms with van der Waals surface area (Å²) in [5.41, 5.74) is 3.06. The molecule has 1 aromatic carbocycles. The van der Waals surface area contributed by atoms with Gasteiger partial charge in [0.25, 0.3) is 0 Å². The van der Waals surface area contributed by atoms with E-state index >= 15 is 0 Å². The zero-order valence-corrected chi connectivity index (χ0v) is 16.1. The van der Waals surface area contributed by atoms with Crippen molar-refractivity contribution >= 4 is 34.3 Å². The van der Waals surface area contributed by atoms with Crippen LogP contribution < -0.4 is 4.90 Å². The topological polar surface area (TPSA) is 46.6 Å². The van der Waals surface area contributed by atoms with Gasteiger partial charge in [-0.05, 0) is 54.1 Å². The van der Waals surface area contributed by atoms with E-state index in [0.717, 1.165) is 21.7 Å². The summed E-state index contributed by atoms with van der Waals surface area (Å²) >= 11 is 1.61.